The first-order valence-corrected chi connectivity index (χ1v) is 9.60. The molecular weight excluding hydrogens is 368 g/mol. The predicted molar refractivity (Wildman–Crippen MR) is 90.5 cm³/mol. The molecule has 1 amide bonds. The van der Waals surface area contributed by atoms with Gasteiger partial charge in [0.15, 0.2) is 0 Å². The number of carbonyl (C=O) groups excluding carboxylic acids is 1. The summed E-state index contributed by atoms with van der Waals surface area (Å²) in [5.41, 5.74) is 1.68. The highest BCUT2D eigenvalue weighted by atomic mass is 79.9. The summed E-state index contributed by atoms with van der Waals surface area (Å²) >= 11 is 3.34. The lowest BCUT2D eigenvalue weighted by Gasteiger charge is -2.17. The Morgan fingerprint density at radius 3 is 2.68 bits per heavy atom. The number of carbonyl (C=O) groups is 1. The molecule has 1 N–H and O–H groups in total. The van der Waals surface area contributed by atoms with Gasteiger partial charge < -0.3 is 4.90 Å². The van der Waals surface area contributed by atoms with Crippen molar-refractivity contribution in [1.29, 1.82) is 0 Å². The molecule has 0 fully saturated rings. The normalized spacial score (nSPS) is 14.5. The van der Waals surface area contributed by atoms with Crippen LogP contribution in [0.2, 0.25) is 0 Å². The summed E-state index contributed by atoms with van der Waals surface area (Å²) in [4.78, 5) is 13.5. The molecule has 5 nitrogen and oxygen atoms in total. The van der Waals surface area contributed by atoms with Crippen molar-refractivity contribution in [2.75, 3.05) is 18.0 Å². The van der Waals surface area contributed by atoms with Crippen LogP contribution in [-0.4, -0.2) is 27.4 Å². The Hall–Kier alpha value is -0.920. The van der Waals surface area contributed by atoms with Gasteiger partial charge in [0.25, 0.3) is 0 Å². The van der Waals surface area contributed by atoms with Crippen LogP contribution in [0.4, 0.5) is 5.69 Å². The largest absolute Gasteiger partial charge is 0.312 e. The third-order valence-electron chi connectivity index (χ3n) is 3.71. The Bertz CT molecular complexity index is 686. The number of benzene rings is 1. The van der Waals surface area contributed by atoms with Gasteiger partial charge in [-0.1, -0.05) is 13.8 Å². The number of nitrogens with zero attached hydrogens (tertiary/aromatic N) is 1. The highest BCUT2D eigenvalue weighted by Crippen LogP contribution is 2.35. The van der Waals surface area contributed by atoms with E-state index in [1.165, 1.54) is 6.92 Å². The zero-order valence-electron chi connectivity index (χ0n) is 13.0. The van der Waals surface area contributed by atoms with E-state index in [9.17, 15) is 13.2 Å². The van der Waals surface area contributed by atoms with Crippen molar-refractivity contribution in [3.63, 3.8) is 0 Å². The monoisotopic (exact) mass is 388 g/mol. The summed E-state index contributed by atoms with van der Waals surface area (Å²) in [6, 6.07) is 3.39. The van der Waals surface area contributed by atoms with Crippen LogP contribution in [-0.2, 0) is 21.2 Å². The van der Waals surface area contributed by atoms with E-state index < -0.39 is 10.0 Å². The maximum Gasteiger partial charge on any atom is 0.241 e. The van der Waals surface area contributed by atoms with Gasteiger partial charge in [-0.15, -0.1) is 0 Å². The van der Waals surface area contributed by atoms with Gasteiger partial charge in [-0.05, 0) is 52.4 Å². The van der Waals surface area contributed by atoms with Gasteiger partial charge in [-0.25, -0.2) is 13.1 Å². The number of hydrogen-bond acceptors (Lipinski definition) is 3. The first-order valence-electron chi connectivity index (χ1n) is 7.32. The van der Waals surface area contributed by atoms with Crippen LogP contribution in [0.1, 0.15) is 32.8 Å². The number of fused-ring (bicyclic) bond motifs is 1. The molecule has 0 saturated heterocycles. The molecule has 0 spiro atoms. The molecule has 22 heavy (non-hydrogen) atoms. The summed E-state index contributed by atoms with van der Waals surface area (Å²) in [7, 11) is -3.59. The van der Waals surface area contributed by atoms with E-state index in [2.05, 4.69) is 20.7 Å². The molecule has 7 heteroatoms. The molecule has 0 unspecified atom stereocenters. The van der Waals surface area contributed by atoms with Crippen LogP contribution in [0.3, 0.4) is 0 Å². The Morgan fingerprint density at radius 2 is 2.09 bits per heavy atom. The van der Waals surface area contributed by atoms with Crippen LogP contribution in [0.5, 0.6) is 0 Å². The van der Waals surface area contributed by atoms with E-state index in [4.69, 9.17) is 0 Å². The molecule has 0 aromatic heterocycles. The van der Waals surface area contributed by atoms with Crippen LogP contribution < -0.4 is 9.62 Å². The molecule has 0 saturated carbocycles. The van der Waals surface area contributed by atoms with Crippen molar-refractivity contribution >= 4 is 37.5 Å². The molecule has 0 bridgehead atoms. The number of hydrogen-bond donors (Lipinski definition) is 1. The highest BCUT2D eigenvalue weighted by Gasteiger charge is 2.27. The van der Waals surface area contributed by atoms with Gasteiger partial charge in [0.2, 0.25) is 15.9 Å². The Labute approximate surface area is 140 Å². The van der Waals surface area contributed by atoms with E-state index in [0.717, 1.165) is 18.4 Å². The predicted octanol–water partition coefficient (Wildman–Crippen LogP) is 2.68. The number of amides is 1. The van der Waals surface area contributed by atoms with E-state index in [0.29, 0.717) is 29.2 Å². The molecule has 122 valence electrons. The lowest BCUT2D eigenvalue weighted by molar-refractivity contribution is -0.116. The molecule has 1 aliphatic rings. The summed E-state index contributed by atoms with van der Waals surface area (Å²) in [6.45, 7) is 6.59. The van der Waals surface area contributed by atoms with E-state index in [1.54, 1.807) is 17.0 Å². The van der Waals surface area contributed by atoms with Crippen LogP contribution in [0.15, 0.2) is 21.5 Å². The molecule has 2 rings (SSSR count). The zero-order chi connectivity index (χ0) is 16.5. The topological polar surface area (TPSA) is 66.5 Å². The molecule has 1 heterocycles. The summed E-state index contributed by atoms with van der Waals surface area (Å²) in [6.07, 6.45) is 1.52. The third kappa shape index (κ3) is 3.70. The van der Waals surface area contributed by atoms with Crippen molar-refractivity contribution in [2.24, 2.45) is 5.92 Å². The molecule has 1 aliphatic heterocycles. The fraction of sp³-hybridized carbons (Fsp3) is 0.533. The minimum atomic E-state index is -3.59. The van der Waals surface area contributed by atoms with Crippen molar-refractivity contribution in [3.8, 4) is 0 Å². The lowest BCUT2D eigenvalue weighted by atomic mass is 10.1. The Morgan fingerprint density at radius 1 is 1.41 bits per heavy atom. The SMILES string of the molecule is CC(=O)N1CCc2cc(Br)c(S(=O)(=O)NCCC(C)C)cc21. The number of sulfonamides is 1. The van der Waals surface area contributed by atoms with Crippen molar-refractivity contribution in [1.82, 2.24) is 4.72 Å². The van der Waals surface area contributed by atoms with Gasteiger partial charge >= 0.3 is 0 Å². The molecule has 0 radical (unpaired) electrons. The molecule has 0 aliphatic carbocycles. The standard InChI is InChI=1S/C15H21BrN2O3S/c1-10(2)4-6-17-22(20,21)15-9-14-12(8-13(15)16)5-7-18(14)11(3)19/h8-10,17H,4-7H2,1-3H3. The second-order valence-electron chi connectivity index (χ2n) is 5.91. The molecule has 0 atom stereocenters. The molecular formula is C15H21BrN2O3S. The fourth-order valence-corrected chi connectivity index (χ4v) is 4.64. The minimum Gasteiger partial charge on any atom is -0.312 e. The molecule has 1 aromatic rings. The number of rotatable bonds is 5. The first kappa shape index (κ1) is 17.4. The molecule has 1 aromatic carbocycles. The quantitative estimate of drug-likeness (QED) is 0.842. The highest BCUT2D eigenvalue weighted by molar-refractivity contribution is 9.10. The van der Waals surface area contributed by atoms with Gasteiger partial charge in [-0.3, -0.25) is 4.79 Å². The smallest absolute Gasteiger partial charge is 0.241 e. The maximum atomic E-state index is 12.5. The van der Waals surface area contributed by atoms with Gasteiger partial charge in [0.05, 0.1) is 4.90 Å². The van der Waals surface area contributed by atoms with E-state index >= 15 is 0 Å². The number of halogens is 1. The lowest BCUT2D eigenvalue weighted by Crippen LogP contribution is -2.28. The van der Waals surface area contributed by atoms with Gasteiger partial charge in [-0.2, -0.15) is 0 Å². The van der Waals surface area contributed by atoms with Crippen molar-refractivity contribution < 1.29 is 13.2 Å². The third-order valence-corrected chi connectivity index (χ3v) is 6.13. The number of anilines is 1. The Balaban J connectivity index is 2.32. The van der Waals surface area contributed by atoms with E-state index in [1.807, 2.05) is 13.8 Å². The minimum absolute atomic E-state index is 0.0720. The van der Waals surface area contributed by atoms with Crippen LogP contribution in [0.25, 0.3) is 0 Å². The van der Waals surface area contributed by atoms with Gasteiger partial charge in [0.1, 0.15) is 0 Å². The summed E-state index contributed by atoms with van der Waals surface area (Å²) in [5, 5.41) is 0. The summed E-state index contributed by atoms with van der Waals surface area (Å²) < 4.78 is 28.1. The number of nitrogens with one attached hydrogen (secondary N) is 1. The second kappa shape index (κ2) is 6.68. The van der Waals surface area contributed by atoms with Gasteiger partial charge in [0, 0.05) is 30.2 Å². The van der Waals surface area contributed by atoms with E-state index in [-0.39, 0.29) is 10.8 Å². The second-order valence-corrected chi connectivity index (χ2v) is 8.50. The first-order chi connectivity index (χ1) is 10.2. The summed E-state index contributed by atoms with van der Waals surface area (Å²) in [5.74, 6) is 0.358. The maximum absolute atomic E-state index is 12.5. The average molecular weight is 389 g/mol. The Kier molecular flexibility index (Phi) is 5.29. The van der Waals surface area contributed by atoms with Crippen LogP contribution >= 0.6 is 15.9 Å². The van der Waals surface area contributed by atoms with Crippen molar-refractivity contribution in [2.45, 2.75) is 38.5 Å². The van der Waals surface area contributed by atoms with Crippen LogP contribution in [0, 0.1) is 5.92 Å². The van der Waals surface area contributed by atoms with Crippen molar-refractivity contribution in [3.05, 3.63) is 22.2 Å². The average Bonchev–Trinajstić information content (AvgIpc) is 2.79. The fourth-order valence-electron chi connectivity index (χ4n) is 2.48. The zero-order valence-corrected chi connectivity index (χ0v) is 15.4.